The van der Waals surface area contributed by atoms with E-state index in [-0.39, 0.29) is 5.69 Å². The Morgan fingerprint density at radius 2 is 1.74 bits per heavy atom. The van der Waals surface area contributed by atoms with Crippen LogP contribution in [0.1, 0.15) is 21.5 Å². The van der Waals surface area contributed by atoms with Crippen LogP contribution in [-0.4, -0.2) is 5.91 Å². The summed E-state index contributed by atoms with van der Waals surface area (Å²) in [6, 6.07) is 17.4. The third-order valence-electron chi connectivity index (χ3n) is 3.86. The Morgan fingerprint density at radius 3 is 2.48 bits per heavy atom. The van der Waals surface area contributed by atoms with Crippen molar-refractivity contribution in [3.05, 3.63) is 89.6 Å². The van der Waals surface area contributed by atoms with Gasteiger partial charge in [-0.15, -0.1) is 0 Å². The molecule has 0 aliphatic rings. The molecule has 0 aliphatic carbocycles. The van der Waals surface area contributed by atoms with E-state index in [9.17, 15) is 18.0 Å². The number of hydrogen-bond donors (Lipinski definition) is 2. The molecule has 27 heavy (non-hydrogen) atoms. The summed E-state index contributed by atoms with van der Waals surface area (Å²) < 4.78 is 38.5. The van der Waals surface area contributed by atoms with E-state index in [4.69, 9.17) is 0 Å². The van der Waals surface area contributed by atoms with Gasteiger partial charge in [0.25, 0.3) is 11.7 Å². The van der Waals surface area contributed by atoms with E-state index in [1.165, 1.54) is 12.1 Å². The Balaban J connectivity index is 1.75. The van der Waals surface area contributed by atoms with Gasteiger partial charge in [0.1, 0.15) is 12.1 Å². The predicted molar refractivity (Wildman–Crippen MR) is 96.2 cm³/mol. The molecule has 0 spiro atoms. The van der Waals surface area contributed by atoms with Crippen LogP contribution in [-0.2, 0) is 12.7 Å². The van der Waals surface area contributed by atoms with Gasteiger partial charge >= 0.3 is 6.18 Å². The van der Waals surface area contributed by atoms with Crippen LogP contribution in [0.15, 0.2) is 72.9 Å². The standard InChI is InChI=1S/C20H16F3N3O/c21-20(22,23)15-8-4-9-16(12-15)26-19(27)17-10-5-11-24-18(17)25-13-14-6-2-1-3-7-14/h1-12H,13H2,(H,24,25)(H,26,27)/p+1. The second kappa shape index (κ2) is 7.90. The van der Waals surface area contributed by atoms with Crippen LogP contribution in [0, 0.1) is 0 Å². The number of carbonyl (C=O) groups is 1. The van der Waals surface area contributed by atoms with Gasteiger partial charge in [0.15, 0.2) is 0 Å². The number of halogens is 3. The fraction of sp³-hybridized carbons (Fsp3) is 0.100. The molecule has 2 aromatic carbocycles. The van der Waals surface area contributed by atoms with E-state index < -0.39 is 17.6 Å². The van der Waals surface area contributed by atoms with Crippen LogP contribution in [0.3, 0.4) is 0 Å². The van der Waals surface area contributed by atoms with Crippen molar-refractivity contribution >= 4 is 17.4 Å². The third kappa shape index (κ3) is 4.84. The highest BCUT2D eigenvalue weighted by atomic mass is 19.4. The summed E-state index contributed by atoms with van der Waals surface area (Å²) in [5.74, 6) is -0.0347. The molecule has 0 saturated heterocycles. The number of aromatic nitrogens is 1. The van der Waals surface area contributed by atoms with Crippen LogP contribution in [0.4, 0.5) is 24.7 Å². The van der Waals surface area contributed by atoms with Crippen molar-refractivity contribution in [1.82, 2.24) is 0 Å². The predicted octanol–water partition coefficient (Wildman–Crippen LogP) is 4.38. The van der Waals surface area contributed by atoms with Crippen molar-refractivity contribution < 1.29 is 22.9 Å². The molecule has 7 heteroatoms. The highest BCUT2D eigenvalue weighted by Crippen LogP contribution is 2.30. The molecule has 1 heterocycles. The summed E-state index contributed by atoms with van der Waals surface area (Å²) in [6.45, 7) is 0.491. The minimum Gasteiger partial charge on any atom is -0.322 e. The smallest absolute Gasteiger partial charge is 0.322 e. The van der Waals surface area contributed by atoms with E-state index in [2.05, 4.69) is 15.6 Å². The quantitative estimate of drug-likeness (QED) is 0.698. The molecule has 1 aromatic heterocycles. The highest BCUT2D eigenvalue weighted by molar-refractivity contribution is 6.07. The lowest BCUT2D eigenvalue weighted by Crippen LogP contribution is -2.21. The first-order chi connectivity index (χ1) is 12.9. The van der Waals surface area contributed by atoms with Crippen molar-refractivity contribution in [2.45, 2.75) is 12.7 Å². The zero-order valence-electron chi connectivity index (χ0n) is 14.2. The number of nitrogens with one attached hydrogen (secondary N) is 3. The fourth-order valence-corrected chi connectivity index (χ4v) is 2.53. The number of amides is 1. The van der Waals surface area contributed by atoms with Crippen molar-refractivity contribution in [2.24, 2.45) is 0 Å². The van der Waals surface area contributed by atoms with Gasteiger partial charge < -0.3 is 5.32 Å². The maximum Gasteiger partial charge on any atom is 0.416 e. The number of rotatable bonds is 5. The van der Waals surface area contributed by atoms with Crippen molar-refractivity contribution in [3.8, 4) is 0 Å². The minimum atomic E-state index is -4.47. The zero-order chi connectivity index (χ0) is 19.3. The third-order valence-corrected chi connectivity index (χ3v) is 3.86. The highest BCUT2D eigenvalue weighted by Gasteiger charge is 2.30. The van der Waals surface area contributed by atoms with Crippen molar-refractivity contribution in [3.63, 3.8) is 0 Å². The van der Waals surface area contributed by atoms with Gasteiger partial charge in [-0.1, -0.05) is 36.4 Å². The number of carbonyl (C=O) groups excluding carboxylic acids is 1. The molecule has 138 valence electrons. The molecule has 0 radical (unpaired) electrons. The lowest BCUT2D eigenvalue weighted by Gasteiger charge is -2.10. The van der Waals surface area contributed by atoms with E-state index in [0.717, 1.165) is 17.7 Å². The second-order valence-electron chi connectivity index (χ2n) is 5.83. The monoisotopic (exact) mass is 372 g/mol. The number of anilines is 2. The Morgan fingerprint density at radius 1 is 0.963 bits per heavy atom. The maximum absolute atomic E-state index is 12.8. The Hall–Kier alpha value is -3.35. The maximum atomic E-state index is 12.8. The molecule has 4 nitrogen and oxygen atoms in total. The summed E-state index contributed by atoms with van der Waals surface area (Å²) in [7, 11) is 0. The van der Waals surface area contributed by atoms with Crippen LogP contribution in [0.2, 0.25) is 0 Å². The van der Waals surface area contributed by atoms with E-state index in [0.29, 0.717) is 17.9 Å². The molecule has 0 aliphatic heterocycles. The van der Waals surface area contributed by atoms with Gasteiger partial charge in [0.05, 0.1) is 11.8 Å². The number of pyridine rings is 1. The van der Waals surface area contributed by atoms with Crippen molar-refractivity contribution in [2.75, 3.05) is 10.6 Å². The number of H-pyrrole nitrogens is 1. The van der Waals surface area contributed by atoms with Crippen LogP contribution < -0.4 is 15.6 Å². The molecule has 0 atom stereocenters. The van der Waals surface area contributed by atoms with Gasteiger partial charge in [-0.3, -0.25) is 10.1 Å². The largest absolute Gasteiger partial charge is 0.416 e. The Bertz CT molecular complexity index is 927. The molecule has 0 fully saturated rings. The topological polar surface area (TPSA) is 55.3 Å². The van der Waals surface area contributed by atoms with E-state index in [1.54, 1.807) is 18.3 Å². The minimum absolute atomic E-state index is 0.0766. The first-order valence-electron chi connectivity index (χ1n) is 8.20. The van der Waals surface area contributed by atoms with Gasteiger partial charge in [0.2, 0.25) is 0 Å². The lowest BCUT2D eigenvalue weighted by atomic mass is 10.1. The summed E-state index contributed by atoms with van der Waals surface area (Å²) in [5, 5.41) is 5.65. The van der Waals surface area contributed by atoms with Crippen LogP contribution in [0.25, 0.3) is 0 Å². The molecule has 0 saturated carbocycles. The first kappa shape index (κ1) is 18.4. The Labute approximate surface area is 154 Å². The van der Waals surface area contributed by atoms with Crippen LogP contribution >= 0.6 is 0 Å². The fourth-order valence-electron chi connectivity index (χ4n) is 2.53. The Kier molecular flexibility index (Phi) is 5.40. The molecule has 1 amide bonds. The molecule has 3 aromatic rings. The molecule has 0 bridgehead atoms. The van der Waals surface area contributed by atoms with E-state index in [1.807, 2.05) is 30.3 Å². The van der Waals surface area contributed by atoms with E-state index >= 15 is 0 Å². The average Bonchev–Trinajstić information content (AvgIpc) is 2.67. The summed E-state index contributed by atoms with van der Waals surface area (Å²) in [4.78, 5) is 15.5. The number of benzene rings is 2. The van der Waals surface area contributed by atoms with Crippen molar-refractivity contribution in [1.29, 1.82) is 0 Å². The summed E-state index contributed by atoms with van der Waals surface area (Å²) >= 11 is 0. The summed E-state index contributed by atoms with van der Waals surface area (Å²) in [6.07, 6.45) is -2.81. The first-order valence-corrected chi connectivity index (χ1v) is 8.20. The zero-order valence-corrected chi connectivity index (χ0v) is 14.2. The normalized spacial score (nSPS) is 11.1. The average molecular weight is 372 g/mol. The summed E-state index contributed by atoms with van der Waals surface area (Å²) in [5.41, 5.74) is 0.583. The SMILES string of the molecule is O=C(Nc1cccc(C(F)(F)F)c1)c1ccc[nH+]c1NCc1ccccc1. The molecular weight excluding hydrogens is 355 g/mol. The number of alkyl halides is 3. The molecule has 3 rings (SSSR count). The second-order valence-corrected chi connectivity index (χ2v) is 5.83. The number of hydrogen-bond acceptors (Lipinski definition) is 2. The molecule has 0 unspecified atom stereocenters. The molecule has 3 N–H and O–H groups in total. The molecular formula is C20H17F3N3O+. The number of aromatic amines is 1. The van der Waals surface area contributed by atoms with Gasteiger partial charge in [-0.2, -0.15) is 13.2 Å². The van der Waals surface area contributed by atoms with Gasteiger partial charge in [0, 0.05) is 5.69 Å². The van der Waals surface area contributed by atoms with Gasteiger partial charge in [-0.05, 0) is 35.9 Å². The van der Waals surface area contributed by atoms with Crippen LogP contribution in [0.5, 0.6) is 0 Å². The van der Waals surface area contributed by atoms with Gasteiger partial charge in [-0.25, -0.2) is 4.98 Å². The lowest BCUT2D eigenvalue weighted by molar-refractivity contribution is -0.361.